The molecule has 0 N–H and O–H groups in total. The van der Waals surface area contributed by atoms with Crippen molar-refractivity contribution >= 4 is 43.7 Å². The second-order valence-corrected chi connectivity index (χ2v) is 15.2. The normalized spacial score (nSPS) is 21.3. The highest BCUT2D eigenvalue weighted by Gasteiger charge is 2.52. The van der Waals surface area contributed by atoms with Crippen molar-refractivity contribution in [2.45, 2.75) is 58.4 Å². The van der Waals surface area contributed by atoms with E-state index >= 15 is 0 Å². The van der Waals surface area contributed by atoms with E-state index in [-0.39, 0.29) is 5.54 Å². The molecule has 0 bridgehead atoms. The lowest BCUT2D eigenvalue weighted by atomic mass is 9.62. The van der Waals surface area contributed by atoms with Crippen LogP contribution in [0.15, 0.2) is 127 Å². The highest BCUT2D eigenvalue weighted by molar-refractivity contribution is 6.27. The van der Waals surface area contributed by atoms with Gasteiger partial charge in [0.1, 0.15) is 0 Å². The van der Waals surface area contributed by atoms with Gasteiger partial charge in [0, 0.05) is 22.8 Å². The van der Waals surface area contributed by atoms with Crippen LogP contribution < -0.4 is 4.90 Å². The molecule has 1 fully saturated rings. The third-order valence-corrected chi connectivity index (χ3v) is 11.7. The Bertz CT molecular complexity index is 2240. The molecule has 1 heteroatoms. The van der Waals surface area contributed by atoms with Gasteiger partial charge in [-0.1, -0.05) is 124 Å². The molecule has 0 saturated heterocycles. The fraction of sp³-hybridized carbons (Fsp3) is 0.244. The van der Waals surface area contributed by atoms with Crippen LogP contribution >= 0.6 is 0 Å². The van der Waals surface area contributed by atoms with E-state index in [1.54, 1.807) is 0 Å². The summed E-state index contributed by atoms with van der Waals surface area (Å²) >= 11 is 0. The van der Waals surface area contributed by atoms with Crippen molar-refractivity contribution in [3.05, 3.63) is 133 Å². The van der Waals surface area contributed by atoms with E-state index < -0.39 is 0 Å². The molecule has 9 rings (SSSR count). The molecule has 7 aromatic carbocycles. The van der Waals surface area contributed by atoms with Crippen molar-refractivity contribution in [2.24, 2.45) is 11.3 Å². The molecule has 1 heterocycles. The monoisotopic (exact) mass is 595 g/mol. The van der Waals surface area contributed by atoms with Crippen LogP contribution in [0.25, 0.3) is 54.6 Å². The number of nitrogens with zero attached hydrogens (tertiary/aromatic N) is 1. The van der Waals surface area contributed by atoms with Crippen LogP contribution in [0.1, 0.15) is 58.4 Å². The van der Waals surface area contributed by atoms with E-state index in [0.717, 1.165) is 0 Å². The van der Waals surface area contributed by atoms with Gasteiger partial charge in [0.2, 0.25) is 0 Å². The summed E-state index contributed by atoms with van der Waals surface area (Å²) in [7, 11) is 0. The first-order valence-electron chi connectivity index (χ1n) is 17.1. The molecule has 0 aromatic heterocycles. The third-order valence-electron chi connectivity index (χ3n) is 11.7. The molecular formula is C45H41N. The Kier molecular flexibility index (Phi) is 5.98. The maximum absolute atomic E-state index is 2.69. The molecule has 1 aliphatic carbocycles. The van der Waals surface area contributed by atoms with Gasteiger partial charge in [-0.15, -0.1) is 0 Å². The van der Waals surface area contributed by atoms with Gasteiger partial charge in [0.25, 0.3) is 0 Å². The predicted molar refractivity (Wildman–Crippen MR) is 198 cm³/mol. The maximum Gasteiger partial charge on any atom is 0.0492 e. The van der Waals surface area contributed by atoms with Gasteiger partial charge < -0.3 is 4.90 Å². The Morgan fingerprint density at radius 1 is 0.630 bits per heavy atom. The van der Waals surface area contributed by atoms with Crippen molar-refractivity contribution < 1.29 is 0 Å². The van der Waals surface area contributed by atoms with Gasteiger partial charge in [-0.25, -0.2) is 0 Å². The minimum Gasteiger partial charge on any atom is -0.335 e. The number of anilines is 2. The zero-order valence-corrected chi connectivity index (χ0v) is 27.3. The van der Waals surface area contributed by atoms with Crippen LogP contribution in [0.2, 0.25) is 0 Å². The van der Waals surface area contributed by atoms with E-state index in [0.29, 0.717) is 17.3 Å². The predicted octanol–water partition coefficient (Wildman–Crippen LogP) is 12.8. The molecule has 46 heavy (non-hydrogen) atoms. The standard InChI is InChI=1S/C45H41N/c1-44(2,3)33-25-26-45(4)40(28-33)39-27-32(19-24-41(39)46(45)34-13-9-6-10-14-34)36-21-16-31-17-22-37-35(29-11-7-5-8-12-29)20-15-30-18-23-38(36)43(31)42(30)37/h5-24,27,33,40H,25-26,28H2,1-4H3. The SMILES string of the molecule is CC(C)(C)C1CCC2(C)C(C1)c1cc(-c3ccc4ccc5c(-c6ccccc6)ccc6ccc3c4c65)ccc1N2c1ccccc1. The average Bonchev–Trinajstić information content (AvgIpc) is 3.34. The summed E-state index contributed by atoms with van der Waals surface area (Å²) in [6.45, 7) is 9.85. The number of hydrogen-bond acceptors (Lipinski definition) is 1. The summed E-state index contributed by atoms with van der Waals surface area (Å²) in [6.07, 6.45) is 3.72. The topological polar surface area (TPSA) is 3.24 Å². The summed E-state index contributed by atoms with van der Waals surface area (Å²) in [5.41, 5.74) is 9.84. The molecular weight excluding hydrogens is 555 g/mol. The lowest BCUT2D eigenvalue weighted by Crippen LogP contribution is -2.48. The van der Waals surface area contributed by atoms with Crippen LogP contribution in [0.3, 0.4) is 0 Å². The van der Waals surface area contributed by atoms with E-state index in [9.17, 15) is 0 Å². The number of para-hydroxylation sites is 1. The second kappa shape index (κ2) is 9.94. The fourth-order valence-electron chi connectivity index (χ4n) is 9.23. The highest BCUT2D eigenvalue weighted by atomic mass is 15.2. The van der Waals surface area contributed by atoms with Crippen LogP contribution in [0.4, 0.5) is 11.4 Å². The zero-order valence-electron chi connectivity index (χ0n) is 27.3. The van der Waals surface area contributed by atoms with Crippen LogP contribution in [-0.2, 0) is 0 Å². The Labute approximate surface area is 272 Å². The van der Waals surface area contributed by atoms with Gasteiger partial charge in [-0.3, -0.25) is 0 Å². The van der Waals surface area contributed by atoms with E-state index in [2.05, 4.69) is 160 Å². The van der Waals surface area contributed by atoms with Gasteiger partial charge in [-0.2, -0.15) is 0 Å². The molecule has 0 spiro atoms. The van der Waals surface area contributed by atoms with Crippen molar-refractivity contribution in [2.75, 3.05) is 4.90 Å². The smallest absolute Gasteiger partial charge is 0.0492 e. The summed E-state index contributed by atoms with van der Waals surface area (Å²) in [5.74, 6) is 1.21. The number of hydrogen-bond donors (Lipinski definition) is 0. The van der Waals surface area contributed by atoms with Crippen molar-refractivity contribution in [1.82, 2.24) is 0 Å². The minimum atomic E-state index is 0.0700. The maximum atomic E-state index is 2.69. The summed E-state index contributed by atoms with van der Waals surface area (Å²) in [5, 5.41) is 8.06. The lowest BCUT2D eigenvalue weighted by Gasteiger charge is -2.49. The Hall–Kier alpha value is -4.62. The Balaban J connectivity index is 1.24. The number of rotatable bonds is 3. The Morgan fingerprint density at radius 3 is 1.85 bits per heavy atom. The van der Waals surface area contributed by atoms with Crippen molar-refractivity contribution in [1.29, 1.82) is 0 Å². The van der Waals surface area contributed by atoms with Crippen LogP contribution in [-0.4, -0.2) is 5.54 Å². The molecule has 1 nitrogen and oxygen atoms in total. The molecule has 3 atom stereocenters. The first-order chi connectivity index (χ1) is 22.3. The Morgan fingerprint density at radius 2 is 1.22 bits per heavy atom. The minimum absolute atomic E-state index is 0.0700. The molecule has 2 aliphatic rings. The molecule has 0 amide bonds. The fourth-order valence-corrected chi connectivity index (χ4v) is 9.23. The quantitative estimate of drug-likeness (QED) is 0.184. The summed E-state index contributed by atoms with van der Waals surface area (Å²) < 4.78 is 0. The summed E-state index contributed by atoms with van der Waals surface area (Å²) in [4.78, 5) is 2.69. The first kappa shape index (κ1) is 27.7. The van der Waals surface area contributed by atoms with Crippen molar-refractivity contribution in [3.63, 3.8) is 0 Å². The van der Waals surface area contributed by atoms with E-state index in [1.165, 1.54) is 90.8 Å². The molecule has 0 radical (unpaired) electrons. The number of fused-ring (bicyclic) bond motifs is 3. The average molecular weight is 596 g/mol. The highest BCUT2D eigenvalue weighted by Crippen LogP contribution is 2.60. The third kappa shape index (κ3) is 4.00. The van der Waals surface area contributed by atoms with E-state index in [4.69, 9.17) is 0 Å². The van der Waals surface area contributed by atoms with Gasteiger partial charge in [0.15, 0.2) is 0 Å². The molecule has 1 aliphatic heterocycles. The van der Waals surface area contributed by atoms with Gasteiger partial charge >= 0.3 is 0 Å². The molecule has 3 unspecified atom stereocenters. The number of benzene rings is 7. The summed E-state index contributed by atoms with van der Waals surface area (Å²) in [6, 6.07) is 48.0. The van der Waals surface area contributed by atoms with Crippen molar-refractivity contribution in [3.8, 4) is 22.3 Å². The van der Waals surface area contributed by atoms with Crippen LogP contribution in [0, 0.1) is 11.3 Å². The largest absolute Gasteiger partial charge is 0.335 e. The zero-order chi connectivity index (χ0) is 31.2. The molecule has 1 saturated carbocycles. The van der Waals surface area contributed by atoms with E-state index in [1.807, 2.05) is 0 Å². The second-order valence-electron chi connectivity index (χ2n) is 15.2. The van der Waals surface area contributed by atoms with Gasteiger partial charge in [0.05, 0.1) is 0 Å². The lowest BCUT2D eigenvalue weighted by molar-refractivity contribution is 0.127. The van der Waals surface area contributed by atoms with Crippen LogP contribution in [0.5, 0.6) is 0 Å². The molecule has 7 aromatic rings. The first-order valence-corrected chi connectivity index (χ1v) is 17.1. The van der Waals surface area contributed by atoms with Gasteiger partial charge in [-0.05, 0) is 122 Å². The molecule has 226 valence electrons.